The van der Waals surface area contributed by atoms with Gasteiger partial charge < -0.3 is 16.0 Å². The predicted octanol–water partition coefficient (Wildman–Crippen LogP) is 1.43. The highest BCUT2D eigenvalue weighted by Gasteiger charge is 2.16. The highest BCUT2D eigenvalue weighted by molar-refractivity contribution is 5.77. The molecule has 1 aromatic rings. The van der Waals surface area contributed by atoms with Gasteiger partial charge in [-0.15, -0.1) is 0 Å². The number of aryl methyl sites for hydroxylation is 1. The average molecular weight is 303 g/mol. The molecule has 0 bridgehead atoms. The van der Waals surface area contributed by atoms with Gasteiger partial charge in [0.15, 0.2) is 5.96 Å². The fraction of sp³-hybridized carbons (Fsp3) is 0.588. The van der Waals surface area contributed by atoms with Gasteiger partial charge in [-0.05, 0) is 44.0 Å². The standard InChI is InChI=1S/C17H29N5/c1-15-6-5-7-16(14-15)22-12-10-21(11-13-22)9-4-3-8-20-17(18)19-2/h5-7,14H,3-4,8-13H2,1-2H3,(H3,18,19,20). The Morgan fingerprint density at radius 3 is 2.68 bits per heavy atom. The Morgan fingerprint density at radius 2 is 2.00 bits per heavy atom. The normalized spacial score (nSPS) is 16.8. The topological polar surface area (TPSA) is 56.9 Å². The number of nitrogens with zero attached hydrogens (tertiary/aromatic N) is 3. The second-order valence-corrected chi connectivity index (χ2v) is 5.91. The van der Waals surface area contributed by atoms with E-state index in [1.807, 2.05) is 0 Å². The van der Waals surface area contributed by atoms with Crippen molar-refractivity contribution in [2.24, 2.45) is 10.7 Å². The summed E-state index contributed by atoms with van der Waals surface area (Å²) in [5.41, 5.74) is 8.30. The molecule has 0 aliphatic carbocycles. The largest absolute Gasteiger partial charge is 0.370 e. The van der Waals surface area contributed by atoms with Crippen LogP contribution in [-0.2, 0) is 0 Å². The number of anilines is 1. The van der Waals surface area contributed by atoms with Crippen molar-refractivity contribution in [1.29, 1.82) is 0 Å². The fourth-order valence-electron chi connectivity index (χ4n) is 2.81. The summed E-state index contributed by atoms with van der Waals surface area (Å²) < 4.78 is 0. The van der Waals surface area contributed by atoms with Crippen LogP contribution < -0.4 is 16.0 Å². The van der Waals surface area contributed by atoms with E-state index >= 15 is 0 Å². The van der Waals surface area contributed by atoms with E-state index in [0.717, 1.165) is 39.1 Å². The molecular formula is C17H29N5. The first-order valence-electron chi connectivity index (χ1n) is 8.19. The van der Waals surface area contributed by atoms with Gasteiger partial charge in [-0.3, -0.25) is 9.89 Å². The minimum Gasteiger partial charge on any atom is -0.370 e. The minimum atomic E-state index is 0.534. The smallest absolute Gasteiger partial charge is 0.188 e. The number of aliphatic imine (C=N–C) groups is 1. The van der Waals surface area contributed by atoms with Crippen LogP contribution in [0.25, 0.3) is 0 Å². The summed E-state index contributed by atoms with van der Waals surface area (Å²) >= 11 is 0. The van der Waals surface area contributed by atoms with Gasteiger partial charge in [0.25, 0.3) is 0 Å². The Balaban J connectivity index is 1.63. The first-order valence-corrected chi connectivity index (χ1v) is 8.19. The molecule has 0 aromatic heterocycles. The van der Waals surface area contributed by atoms with E-state index in [-0.39, 0.29) is 0 Å². The summed E-state index contributed by atoms with van der Waals surface area (Å²) in [5.74, 6) is 0.534. The molecule has 1 fully saturated rings. The third kappa shape index (κ3) is 5.22. The third-order valence-corrected chi connectivity index (χ3v) is 4.19. The molecule has 5 heteroatoms. The molecule has 0 amide bonds. The lowest BCUT2D eigenvalue weighted by Gasteiger charge is -2.36. The lowest BCUT2D eigenvalue weighted by molar-refractivity contribution is 0.253. The second kappa shape index (κ2) is 8.63. The Labute approximate surface area is 134 Å². The summed E-state index contributed by atoms with van der Waals surface area (Å²) in [6.07, 6.45) is 2.34. The summed E-state index contributed by atoms with van der Waals surface area (Å²) in [6, 6.07) is 8.80. The molecule has 22 heavy (non-hydrogen) atoms. The van der Waals surface area contributed by atoms with Crippen molar-refractivity contribution in [2.75, 3.05) is 51.2 Å². The maximum Gasteiger partial charge on any atom is 0.188 e. The lowest BCUT2D eigenvalue weighted by Crippen LogP contribution is -2.46. The SMILES string of the molecule is CN=C(N)NCCCCN1CCN(c2cccc(C)c2)CC1. The van der Waals surface area contributed by atoms with E-state index in [2.05, 4.69) is 51.3 Å². The molecule has 2 rings (SSSR count). The van der Waals surface area contributed by atoms with Gasteiger partial charge in [-0.1, -0.05) is 12.1 Å². The molecule has 0 spiro atoms. The number of hydrogen-bond acceptors (Lipinski definition) is 3. The Bertz CT molecular complexity index is 478. The van der Waals surface area contributed by atoms with E-state index in [1.165, 1.54) is 24.2 Å². The number of guanidine groups is 1. The molecule has 1 saturated heterocycles. The van der Waals surface area contributed by atoms with Crippen molar-refractivity contribution < 1.29 is 0 Å². The van der Waals surface area contributed by atoms with E-state index < -0.39 is 0 Å². The fourth-order valence-corrected chi connectivity index (χ4v) is 2.81. The van der Waals surface area contributed by atoms with E-state index in [9.17, 15) is 0 Å². The summed E-state index contributed by atoms with van der Waals surface area (Å²) in [4.78, 5) is 8.94. The Kier molecular flexibility index (Phi) is 6.52. The zero-order valence-electron chi connectivity index (χ0n) is 13.9. The van der Waals surface area contributed by atoms with Crippen molar-refractivity contribution in [3.8, 4) is 0 Å². The number of piperazine rings is 1. The Morgan fingerprint density at radius 1 is 1.23 bits per heavy atom. The van der Waals surface area contributed by atoms with Gasteiger partial charge in [0.2, 0.25) is 0 Å². The number of unbranched alkanes of at least 4 members (excludes halogenated alkanes) is 1. The number of nitrogens with one attached hydrogen (secondary N) is 1. The molecule has 0 unspecified atom stereocenters. The molecule has 0 radical (unpaired) electrons. The van der Waals surface area contributed by atoms with Crippen LogP contribution in [0.4, 0.5) is 5.69 Å². The average Bonchev–Trinajstić information content (AvgIpc) is 2.55. The molecule has 3 N–H and O–H groups in total. The molecule has 0 atom stereocenters. The van der Waals surface area contributed by atoms with E-state index in [0.29, 0.717) is 5.96 Å². The molecule has 122 valence electrons. The third-order valence-electron chi connectivity index (χ3n) is 4.19. The molecule has 5 nitrogen and oxygen atoms in total. The zero-order valence-corrected chi connectivity index (χ0v) is 13.9. The first-order chi connectivity index (χ1) is 10.7. The van der Waals surface area contributed by atoms with Crippen LogP contribution in [0.15, 0.2) is 29.3 Å². The van der Waals surface area contributed by atoms with Crippen molar-refractivity contribution >= 4 is 11.6 Å². The van der Waals surface area contributed by atoms with Crippen LogP contribution in [0.1, 0.15) is 18.4 Å². The van der Waals surface area contributed by atoms with Crippen molar-refractivity contribution in [1.82, 2.24) is 10.2 Å². The maximum atomic E-state index is 5.60. The molecule has 1 aliphatic heterocycles. The van der Waals surface area contributed by atoms with Crippen molar-refractivity contribution in [3.05, 3.63) is 29.8 Å². The van der Waals surface area contributed by atoms with Crippen LogP contribution in [0.3, 0.4) is 0 Å². The van der Waals surface area contributed by atoms with Crippen LogP contribution >= 0.6 is 0 Å². The molecule has 1 heterocycles. The van der Waals surface area contributed by atoms with Crippen molar-refractivity contribution in [3.63, 3.8) is 0 Å². The molecule has 1 aromatic carbocycles. The molecule has 0 saturated carbocycles. The Hall–Kier alpha value is -1.75. The number of nitrogens with two attached hydrogens (primary N) is 1. The van der Waals surface area contributed by atoms with Crippen LogP contribution in [-0.4, -0.2) is 57.2 Å². The van der Waals surface area contributed by atoms with Crippen molar-refractivity contribution in [2.45, 2.75) is 19.8 Å². The van der Waals surface area contributed by atoms with Crippen LogP contribution in [0.5, 0.6) is 0 Å². The van der Waals surface area contributed by atoms with Gasteiger partial charge in [0.1, 0.15) is 0 Å². The molecular weight excluding hydrogens is 274 g/mol. The number of hydrogen-bond donors (Lipinski definition) is 2. The van der Waals surface area contributed by atoms with Crippen LogP contribution in [0, 0.1) is 6.92 Å². The maximum absolute atomic E-state index is 5.60. The van der Waals surface area contributed by atoms with Gasteiger partial charge in [0.05, 0.1) is 0 Å². The number of benzene rings is 1. The summed E-state index contributed by atoms with van der Waals surface area (Å²) in [6.45, 7) is 8.79. The van der Waals surface area contributed by atoms with Gasteiger partial charge in [-0.2, -0.15) is 0 Å². The lowest BCUT2D eigenvalue weighted by atomic mass is 10.2. The quantitative estimate of drug-likeness (QED) is 0.474. The first kappa shape index (κ1) is 16.6. The summed E-state index contributed by atoms with van der Waals surface area (Å²) in [7, 11) is 1.70. The van der Waals surface area contributed by atoms with Gasteiger partial charge in [0, 0.05) is 45.5 Å². The zero-order chi connectivity index (χ0) is 15.8. The highest BCUT2D eigenvalue weighted by atomic mass is 15.3. The highest BCUT2D eigenvalue weighted by Crippen LogP contribution is 2.17. The summed E-state index contributed by atoms with van der Waals surface area (Å²) in [5, 5.41) is 3.10. The van der Waals surface area contributed by atoms with E-state index in [1.54, 1.807) is 7.05 Å². The predicted molar refractivity (Wildman–Crippen MR) is 94.6 cm³/mol. The monoisotopic (exact) mass is 303 g/mol. The second-order valence-electron chi connectivity index (χ2n) is 5.91. The number of rotatable bonds is 6. The van der Waals surface area contributed by atoms with E-state index in [4.69, 9.17) is 5.73 Å². The molecule has 1 aliphatic rings. The van der Waals surface area contributed by atoms with Gasteiger partial charge in [-0.25, -0.2) is 0 Å². The van der Waals surface area contributed by atoms with Crippen LogP contribution in [0.2, 0.25) is 0 Å². The van der Waals surface area contributed by atoms with Gasteiger partial charge >= 0.3 is 0 Å². The minimum absolute atomic E-state index is 0.534.